The summed E-state index contributed by atoms with van der Waals surface area (Å²) in [6.07, 6.45) is 1.85. The highest BCUT2D eigenvalue weighted by Crippen LogP contribution is 2.11. The van der Waals surface area contributed by atoms with Crippen molar-refractivity contribution in [1.29, 1.82) is 0 Å². The highest BCUT2D eigenvalue weighted by atomic mass is 16.5. The van der Waals surface area contributed by atoms with E-state index in [4.69, 9.17) is 4.74 Å². The number of hydrogen-bond donors (Lipinski definition) is 1. The van der Waals surface area contributed by atoms with Crippen molar-refractivity contribution in [2.75, 3.05) is 40.3 Å². The average molecular weight is 306 g/mol. The largest absolute Gasteiger partial charge is 0.375 e. The van der Waals surface area contributed by atoms with E-state index >= 15 is 0 Å². The number of hydrogen-bond acceptors (Lipinski definition) is 5. The van der Waals surface area contributed by atoms with E-state index in [9.17, 15) is 4.79 Å². The Bertz CT molecular complexity index is 468. The normalized spacial score (nSPS) is 22.2. The lowest BCUT2D eigenvalue weighted by molar-refractivity contribution is -0.123. The molecule has 0 unspecified atom stereocenters. The zero-order valence-corrected chi connectivity index (χ0v) is 13.7. The Kier molecular flexibility index (Phi) is 6.30. The number of nitrogens with one attached hydrogen (secondary N) is 1. The van der Waals surface area contributed by atoms with Crippen molar-refractivity contribution < 1.29 is 9.53 Å². The number of carbonyl (C=O) groups excluding carboxylic acids is 1. The lowest BCUT2D eigenvalue weighted by Crippen LogP contribution is -2.47. The number of ether oxygens (including phenoxy) is 1. The van der Waals surface area contributed by atoms with Crippen LogP contribution >= 0.6 is 0 Å². The summed E-state index contributed by atoms with van der Waals surface area (Å²) in [4.78, 5) is 20.6. The molecule has 1 aromatic rings. The Labute approximate surface area is 132 Å². The number of pyridine rings is 1. The number of carbonyl (C=O) groups is 1. The van der Waals surface area contributed by atoms with E-state index in [1.807, 2.05) is 44.1 Å². The van der Waals surface area contributed by atoms with Gasteiger partial charge >= 0.3 is 0 Å². The Hall–Kier alpha value is -1.50. The molecule has 1 aliphatic rings. The fourth-order valence-electron chi connectivity index (χ4n) is 2.81. The fraction of sp³-hybridized carbons (Fsp3) is 0.625. The molecule has 1 aromatic heterocycles. The van der Waals surface area contributed by atoms with E-state index in [2.05, 4.69) is 15.2 Å². The Morgan fingerprint density at radius 2 is 2.32 bits per heavy atom. The van der Waals surface area contributed by atoms with Gasteiger partial charge in [0.15, 0.2) is 0 Å². The van der Waals surface area contributed by atoms with Crippen LogP contribution in [0.1, 0.15) is 12.6 Å². The molecule has 1 aliphatic heterocycles. The summed E-state index contributed by atoms with van der Waals surface area (Å²) >= 11 is 0. The maximum Gasteiger partial charge on any atom is 0.234 e. The van der Waals surface area contributed by atoms with Crippen molar-refractivity contribution in [3.8, 4) is 0 Å². The Morgan fingerprint density at radius 3 is 3.00 bits per heavy atom. The van der Waals surface area contributed by atoms with Gasteiger partial charge in [-0.25, -0.2) is 0 Å². The third kappa shape index (κ3) is 5.05. The fourth-order valence-corrected chi connectivity index (χ4v) is 2.81. The molecule has 0 aliphatic carbocycles. The number of likely N-dealkylation sites (N-methyl/N-ethyl adjacent to an activating group) is 2. The van der Waals surface area contributed by atoms with Crippen molar-refractivity contribution in [2.24, 2.45) is 0 Å². The summed E-state index contributed by atoms with van der Waals surface area (Å²) in [5, 5.41) is 3.09. The predicted molar refractivity (Wildman–Crippen MR) is 85.4 cm³/mol. The molecule has 0 radical (unpaired) electrons. The third-order valence-electron chi connectivity index (χ3n) is 3.75. The van der Waals surface area contributed by atoms with E-state index in [1.54, 1.807) is 6.20 Å². The highest BCUT2D eigenvalue weighted by molar-refractivity contribution is 5.78. The van der Waals surface area contributed by atoms with Gasteiger partial charge in [0.2, 0.25) is 5.91 Å². The molecule has 1 amide bonds. The molecule has 2 rings (SSSR count). The minimum absolute atomic E-state index is 0.0310. The standard InChI is InChI=1S/C16H26N4O2/c1-4-22-15-11-20(3)10-14(15)18-16(21)12-19(2)9-13-7-5-6-8-17-13/h5-8,14-15H,4,9-12H2,1-3H3,(H,18,21)/t14-,15-/m0/s1. The lowest BCUT2D eigenvalue weighted by atomic mass is 10.2. The Balaban J connectivity index is 1.79. The zero-order chi connectivity index (χ0) is 15.9. The molecule has 1 saturated heterocycles. The lowest BCUT2D eigenvalue weighted by Gasteiger charge is -2.22. The van der Waals surface area contributed by atoms with Crippen molar-refractivity contribution >= 4 is 5.91 Å². The van der Waals surface area contributed by atoms with Crippen LogP contribution in [0.2, 0.25) is 0 Å². The molecule has 2 heterocycles. The van der Waals surface area contributed by atoms with Crippen LogP contribution in [0.25, 0.3) is 0 Å². The van der Waals surface area contributed by atoms with Gasteiger partial charge in [-0.1, -0.05) is 6.07 Å². The van der Waals surface area contributed by atoms with Crippen molar-refractivity contribution in [1.82, 2.24) is 20.1 Å². The van der Waals surface area contributed by atoms with E-state index in [0.717, 1.165) is 18.8 Å². The molecular weight excluding hydrogens is 280 g/mol. The van der Waals surface area contributed by atoms with Crippen molar-refractivity contribution in [3.63, 3.8) is 0 Å². The predicted octanol–water partition coefficient (Wildman–Crippen LogP) is 0.349. The molecule has 6 nitrogen and oxygen atoms in total. The second kappa shape index (κ2) is 8.22. The summed E-state index contributed by atoms with van der Waals surface area (Å²) in [5.74, 6) is 0.0310. The van der Waals surface area contributed by atoms with Crippen LogP contribution < -0.4 is 5.32 Å². The number of aromatic nitrogens is 1. The first-order valence-corrected chi connectivity index (χ1v) is 7.76. The molecule has 122 valence electrons. The first-order chi connectivity index (χ1) is 10.6. The second-order valence-corrected chi connectivity index (χ2v) is 5.88. The number of likely N-dealkylation sites (tertiary alicyclic amines) is 1. The van der Waals surface area contributed by atoms with Crippen LogP contribution in [0.4, 0.5) is 0 Å². The van der Waals surface area contributed by atoms with Crippen LogP contribution in [-0.4, -0.2) is 73.2 Å². The van der Waals surface area contributed by atoms with E-state index in [1.165, 1.54) is 0 Å². The summed E-state index contributed by atoms with van der Waals surface area (Å²) in [5.41, 5.74) is 0.964. The summed E-state index contributed by atoms with van der Waals surface area (Å²) in [6.45, 7) is 5.37. The zero-order valence-electron chi connectivity index (χ0n) is 13.7. The Morgan fingerprint density at radius 1 is 1.50 bits per heavy atom. The van der Waals surface area contributed by atoms with Crippen LogP contribution in [0.5, 0.6) is 0 Å². The molecule has 6 heteroatoms. The average Bonchev–Trinajstić information content (AvgIpc) is 2.79. The van der Waals surface area contributed by atoms with E-state index in [0.29, 0.717) is 19.7 Å². The van der Waals surface area contributed by atoms with Gasteiger partial charge in [-0.2, -0.15) is 0 Å². The summed E-state index contributed by atoms with van der Waals surface area (Å²) in [6, 6.07) is 5.88. The molecular formula is C16H26N4O2. The molecule has 1 fully saturated rings. The second-order valence-electron chi connectivity index (χ2n) is 5.88. The van der Waals surface area contributed by atoms with Gasteiger partial charge in [0.1, 0.15) is 0 Å². The van der Waals surface area contributed by atoms with Crippen molar-refractivity contribution in [3.05, 3.63) is 30.1 Å². The topological polar surface area (TPSA) is 57.7 Å². The number of rotatable bonds is 7. The quantitative estimate of drug-likeness (QED) is 0.788. The van der Waals surface area contributed by atoms with Gasteiger partial charge in [-0.15, -0.1) is 0 Å². The van der Waals surface area contributed by atoms with Crippen LogP contribution in [0.15, 0.2) is 24.4 Å². The molecule has 0 saturated carbocycles. The van der Waals surface area contributed by atoms with Gasteiger partial charge < -0.3 is 15.0 Å². The van der Waals surface area contributed by atoms with E-state index in [-0.39, 0.29) is 18.1 Å². The molecule has 2 atom stereocenters. The SMILES string of the molecule is CCO[C@H]1CN(C)C[C@@H]1NC(=O)CN(C)Cc1ccccn1. The van der Waals surface area contributed by atoms with Gasteiger partial charge in [-0.3, -0.25) is 14.7 Å². The maximum atomic E-state index is 12.2. The number of nitrogens with zero attached hydrogens (tertiary/aromatic N) is 3. The van der Waals surface area contributed by atoms with Crippen LogP contribution in [-0.2, 0) is 16.1 Å². The molecule has 0 bridgehead atoms. The first-order valence-electron chi connectivity index (χ1n) is 7.76. The maximum absolute atomic E-state index is 12.2. The highest BCUT2D eigenvalue weighted by Gasteiger charge is 2.32. The summed E-state index contributed by atoms with van der Waals surface area (Å²) < 4.78 is 5.71. The monoisotopic (exact) mass is 306 g/mol. The first kappa shape index (κ1) is 16.9. The smallest absolute Gasteiger partial charge is 0.234 e. The molecule has 22 heavy (non-hydrogen) atoms. The van der Waals surface area contributed by atoms with Gasteiger partial charge in [0.25, 0.3) is 0 Å². The van der Waals surface area contributed by atoms with Gasteiger partial charge in [0, 0.05) is 32.4 Å². The molecule has 1 N–H and O–H groups in total. The number of amides is 1. The van der Waals surface area contributed by atoms with Gasteiger partial charge in [-0.05, 0) is 33.2 Å². The third-order valence-corrected chi connectivity index (χ3v) is 3.75. The molecule has 0 aromatic carbocycles. The summed E-state index contributed by atoms with van der Waals surface area (Å²) in [7, 11) is 3.97. The minimum atomic E-state index is 0.0310. The van der Waals surface area contributed by atoms with Crippen molar-refractivity contribution in [2.45, 2.75) is 25.6 Å². The van der Waals surface area contributed by atoms with Crippen LogP contribution in [0, 0.1) is 0 Å². The van der Waals surface area contributed by atoms with E-state index < -0.39 is 0 Å². The minimum Gasteiger partial charge on any atom is -0.375 e. The molecule has 0 spiro atoms. The van der Waals surface area contributed by atoms with Gasteiger partial charge in [0.05, 0.1) is 24.4 Å². The van der Waals surface area contributed by atoms with Crippen LogP contribution in [0.3, 0.4) is 0 Å².